The van der Waals surface area contributed by atoms with Gasteiger partial charge in [0.05, 0.1) is 6.42 Å². The molecule has 1 saturated carbocycles. The summed E-state index contributed by atoms with van der Waals surface area (Å²) in [5, 5.41) is 13.4. The van der Waals surface area contributed by atoms with Crippen molar-refractivity contribution in [3.05, 3.63) is 35.5 Å². The Morgan fingerprint density at radius 1 is 1.22 bits per heavy atom. The van der Waals surface area contributed by atoms with Crippen LogP contribution in [0.15, 0.2) is 24.3 Å². The molecule has 1 fully saturated rings. The number of nitrogens with zero attached hydrogens (tertiary/aromatic N) is 1. The van der Waals surface area contributed by atoms with E-state index in [1.165, 1.54) is 6.42 Å². The fourth-order valence-corrected chi connectivity index (χ4v) is 3.61. The molecule has 5 heteroatoms. The van der Waals surface area contributed by atoms with E-state index in [0.29, 0.717) is 5.56 Å². The molecule has 0 bridgehead atoms. The van der Waals surface area contributed by atoms with Gasteiger partial charge in [-0.1, -0.05) is 37.5 Å². The molecule has 0 saturated heterocycles. The minimum atomic E-state index is -0.996. The molecule has 0 aliphatic heterocycles. The summed E-state index contributed by atoms with van der Waals surface area (Å²) in [6.07, 6.45) is 5.69. The van der Waals surface area contributed by atoms with Gasteiger partial charge in [0.2, 0.25) is 5.91 Å². The number of aromatic nitrogens is 1. The number of aryl methyl sites for hydroxylation is 1. The molecule has 1 aliphatic rings. The summed E-state index contributed by atoms with van der Waals surface area (Å²) in [6, 6.07) is 7.74. The molecule has 0 spiro atoms. The zero-order valence-corrected chi connectivity index (χ0v) is 13.3. The molecule has 5 nitrogen and oxygen atoms in total. The van der Waals surface area contributed by atoms with Gasteiger partial charge in [0, 0.05) is 29.6 Å². The van der Waals surface area contributed by atoms with Crippen LogP contribution in [0.4, 0.5) is 0 Å². The second-order valence-corrected chi connectivity index (χ2v) is 6.29. The zero-order chi connectivity index (χ0) is 16.4. The minimum Gasteiger partial charge on any atom is -0.477 e. The van der Waals surface area contributed by atoms with Crippen molar-refractivity contribution in [3.63, 3.8) is 0 Å². The Balaban J connectivity index is 1.88. The van der Waals surface area contributed by atoms with E-state index in [9.17, 15) is 14.7 Å². The minimum absolute atomic E-state index is 0.0873. The number of carboxylic acid groups (broad SMARTS) is 1. The lowest BCUT2D eigenvalue weighted by Crippen LogP contribution is -2.37. The number of hydrogen-bond acceptors (Lipinski definition) is 2. The number of carbonyl (C=O) groups excluding carboxylic acids is 1. The summed E-state index contributed by atoms with van der Waals surface area (Å²) in [5.41, 5.74) is 1.64. The summed E-state index contributed by atoms with van der Waals surface area (Å²) in [7, 11) is 1.73. The Bertz CT molecular complexity index is 742. The van der Waals surface area contributed by atoms with Crippen LogP contribution in [0, 0.1) is 0 Å². The van der Waals surface area contributed by atoms with Crippen molar-refractivity contribution in [3.8, 4) is 0 Å². The number of fused-ring (bicyclic) bond motifs is 1. The van der Waals surface area contributed by atoms with Gasteiger partial charge in [-0.3, -0.25) is 4.79 Å². The average molecular weight is 314 g/mol. The standard InChI is InChI=1S/C18H22N2O3/c1-20-15-10-6-5-9-13(15)14(17(20)18(22)23)11-16(21)19-12-7-3-2-4-8-12/h5-6,9-10,12H,2-4,7-8,11H2,1H3,(H,19,21)(H,22,23). The Labute approximate surface area is 135 Å². The number of nitrogens with one attached hydrogen (secondary N) is 1. The van der Waals surface area contributed by atoms with Crippen molar-refractivity contribution in [2.24, 2.45) is 7.05 Å². The molecule has 1 heterocycles. The number of benzene rings is 1. The third-order valence-electron chi connectivity index (χ3n) is 4.72. The average Bonchev–Trinajstić information content (AvgIpc) is 2.81. The lowest BCUT2D eigenvalue weighted by Gasteiger charge is -2.22. The monoisotopic (exact) mass is 314 g/mol. The van der Waals surface area contributed by atoms with Crippen LogP contribution in [0.2, 0.25) is 0 Å². The van der Waals surface area contributed by atoms with Gasteiger partial charge in [-0.2, -0.15) is 0 Å². The lowest BCUT2D eigenvalue weighted by atomic mass is 9.95. The maximum atomic E-state index is 12.4. The van der Waals surface area contributed by atoms with E-state index in [-0.39, 0.29) is 24.1 Å². The van der Waals surface area contributed by atoms with Gasteiger partial charge < -0.3 is 15.0 Å². The van der Waals surface area contributed by atoms with Crippen molar-refractivity contribution in [2.75, 3.05) is 0 Å². The first-order valence-electron chi connectivity index (χ1n) is 8.17. The summed E-state index contributed by atoms with van der Waals surface area (Å²) in [5.74, 6) is -1.08. The highest BCUT2D eigenvalue weighted by atomic mass is 16.4. The van der Waals surface area contributed by atoms with Gasteiger partial charge in [-0.05, 0) is 18.9 Å². The first-order valence-corrected chi connectivity index (χ1v) is 8.17. The molecule has 23 heavy (non-hydrogen) atoms. The van der Waals surface area contributed by atoms with E-state index in [0.717, 1.165) is 36.6 Å². The van der Waals surface area contributed by atoms with E-state index < -0.39 is 5.97 Å². The fourth-order valence-electron chi connectivity index (χ4n) is 3.61. The van der Waals surface area contributed by atoms with E-state index >= 15 is 0 Å². The van der Waals surface area contributed by atoms with Crippen LogP contribution in [0.5, 0.6) is 0 Å². The van der Waals surface area contributed by atoms with Gasteiger partial charge >= 0.3 is 5.97 Å². The second kappa shape index (κ2) is 6.44. The first kappa shape index (κ1) is 15.6. The Morgan fingerprint density at radius 3 is 2.61 bits per heavy atom. The summed E-state index contributed by atoms with van der Waals surface area (Å²) in [6.45, 7) is 0. The molecular formula is C18H22N2O3. The summed E-state index contributed by atoms with van der Waals surface area (Å²) >= 11 is 0. The SMILES string of the molecule is Cn1c(C(=O)O)c(CC(=O)NC2CCCCC2)c2ccccc21. The van der Waals surface area contributed by atoms with Crippen LogP contribution in [0.25, 0.3) is 10.9 Å². The highest BCUT2D eigenvalue weighted by molar-refractivity contribution is 6.00. The van der Waals surface area contributed by atoms with E-state index in [4.69, 9.17) is 0 Å². The van der Waals surface area contributed by atoms with Crippen LogP contribution < -0.4 is 5.32 Å². The third kappa shape index (κ3) is 3.09. The smallest absolute Gasteiger partial charge is 0.352 e. The van der Waals surface area contributed by atoms with Crippen LogP contribution in [-0.2, 0) is 18.3 Å². The van der Waals surface area contributed by atoms with Gasteiger partial charge in [0.25, 0.3) is 0 Å². The van der Waals surface area contributed by atoms with Crippen LogP contribution in [-0.4, -0.2) is 27.6 Å². The maximum absolute atomic E-state index is 12.4. The van der Waals surface area contributed by atoms with Gasteiger partial charge in [0.15, 0.2) is 0 Å². The predicted octanol–water partition coefficient (Wildman–Crippen LogP) is 2.87. The van der Waals surface area contributed by atoms with Crippen LogP contribution >= 0.6 is 0 Å². The van der Waals surface area contributed by atoms with Gasteiger partial charge in [-0.25, -0.2) is 4.79 Å². The van der Waals surface area contributed by atoms with Gasteiger partial charge in [-0.15, -0.1) is 0 Å². The molecule has 1 aromatic carbocycles. The molecule has 2 N–H and O–H groups in total. The molecule has 2 aromatic rings. The number of aromatic carboxylic acids is 1. The van der Waals surface area contributed by atoms with Crippen molar-refractivity contribution in [1.82, 2.24) is 9.88 Å². The number of carboxylic acids is 1. The largest absolute Gasteiger partial charge is 0.477 e. The number of carbonyl (C=O) groups is 2. The van der Waals surface area contributed by atoms with Crippen molar-refractivity contribution < 1.29 is 14.7 Å². The van der Waals surface area contributed by atoms with E-state index in [2.05, 4.69) is 5.32 Å². The molecule has 1 amide bonds. The third-order valence-corrected chi connectivity index (χ3v) is 4.72. The molecular weight excluding hydrogens is 292 g/mol. The Hall–Kier alpha value is -2.30. The number of hydrogen-bond donors (Lipinski definition) is 2. The molecule has 0 radical (unpaired) electrons. The molecule has 1 aliphatic carbocycles. The van der Waals surface area contributed by atoms with E-state index in [1.807, 2.05) is 24.3 Å². The Kier molecular flexibility index (Phi) is 4.37. The molecule has 3 rings (SSSR count). The maximum Gasteiger partial charge on any atom is 0.352 e. The number of rotatable bonds is 4. The Morgan fingerprint density at radius 2 is 1.91 bits per heavy atom. The topological polar surface area (TPSA) is 71.3 Å². The summed E-state index contributed by atoms with van der Waals surface area (Å²) < 4.78 is 1.65. The van der Waals surface area contributed by atoms with Crippen molar-refractivity contribution >= 4 is 22.8 Å². The molecule has 1 aromatic heterocycles. The predicted molar refractivity (Wildman–Crippen MR) is 88.6 cm³/mol. The molecule has 0 atom stereocenters. The zero-order valence-electron chi connectivity index (χ0n) is 13.3. The normalized spacial score (nSPS) is 15.7. The highest BCUT2D eigenvalue weighted by Gasteiger charge is 2.23. The van der Waals surface area contributed by atoms with E-state index in [1.54, 1.807) is 11.6 Å². The number of amides is 1. The first-order chi connectivity index (χ1) is 11.1. The lowest BCUT2D eigenvalue weighted by molar-refractivity contribution is -0.121. The second-order valence-electron chi connectivity index (χ2n) is 6.29. The molecule has 122 valence electrons. The van der Waals surface area contributed by atoms with Crippen molar-refractivity contribution in [2.45, 2.75) is 44.6 Å². The van der Waals surface area contributed by atoms with Crippen LogP contribution in [0.3, 0.4) is 0 Å². The van der Waals surface area contributed by atoms with Crippen LogP contribution in [0.1, 0.15) is 48.2 Å². The number of para-hydroxylation sites is 1. The highest BCUT2D eigenvalue weighted by Crippen LogP contribution is 2.26. The quantitative estimate of drug-likeness (QED) is 0.911. The summed E-state index contributed by atoms with van der Waals surface area (Å²) in [4.78, 5) is 24.0. The van der Waals surface area contributed by atoms with Crippen molar-refractivity contribution in [1.29, 1.82) is 0 Å². The molecule has 0 unspecified atom stereocenters. The van der Waals surface area contributed by atoms with Gasteiger partial charge in [0.1, 0.15) is 5.69 Å². The fraction of sp³-hybridized carbons (Fsp3) is 0.444.